The Bertz CT molecular complexity index is 245. The fraction of sp³-hybridized carbons (Fsp3) is 1.00. The standard InChI is InChI=1S/C13H25F3O/c1-10(2,3)8-12(7,13(14,15)16)17-9-11(4,5)6/h8-9H2,1-7H3/t12-/m1/s1. The molecule has 0 aromatic rings. The Morgan fingerprint density at radius 1 is 0.765 bits per heavy atom. The normalized spacial score (nSPS) is 18.0. The molecular weight excluding hydrogens is 229 g/mol. The Labute approximate surface area is 103 Å². The Morgan fingerprint density at radius 3 is 1.41 bits per heavy atom. The fourth-order valence-corrected chi connectivity index (χ4v) is 1.62. The molecule has 0 aliphatic carbocycles. The molecule has 0 aliphatic rings. The first-order valence-corrected chi connectivity index (χ1v) is 5.87. The molecule has 0 bridgehead atoms. The maximum atomic E-state index is 13.1. The van der Waals surface area contributed by atoms with Gasteiger partial charge in [0.15, 0.2) is 5.60 Å². The minimum atomic E-state index is -4.34. The van der Waals surface area contributed by atoms with E-state index in [0.717, 1.165) is 6.92 Å². The van der Waals surface area contributed by atoms with Crippen molar-refractivity contribution in [3.63, 3.8) is 0 Å². The van der Waals surface area contributed by atoms with Gasteiger partial charge in [0, 0.05) is 0 Å². The van der Waals surface area contributed by atoms with E-state index in [9.17, 15) is 13.2 Å². The van der Waals surface area contributed by atoms with Crippen LogP contribution in [0.2, 0.25) is 0 Å². The molecule has 0 saturated heterocycles. The summed E-state index contributed by atoms with van der Waals surface area (Å²) in [6.07, 6.45) is -4.38. The molecule has 1 atom stereocenters. The summed E-state index contributed by atoms with van der Waals surface area (Å²) in [4.78, 5) is 0. The van der Waals surface area contributed by atoms with E-state index in [-0.39, 0.29) is 18.4 Å². The summed E-state index contributed by atoms with van der Waals surface area (Å²) in [6.45, 7) is 12.2. The van der Waals surface area contributed by atoms with Gasteiger partial charge in [0.2, 0.25) is 0 Å². The monoisotopic (exact) mass is 254 g/mol. The molecular formula is C13H25F3O. The van der Waals surface area contributed by atoms with Crippen LogP contribution in [0.4, 0.5) is 13.2 Å². The van der Waals surface area contributed by atoms with E-state index in [2.05, 4.69) is 0 Å². The number of rotatable bonds is 3. The molecule has 0 aromatic heterocycles. The molecule has 0 amide bonds. The van der Waals surface area contributed by atoms with E-state index >= 15 is 0 Å². The van der Waals surface area contributed by atoms with Gasteiger partial charge in [-0.25, -0.2) is 0 Å². The molecule has 0 N–H and O–H groups in total. The van der Waals surface area contributed by atoms with Gasteiger partial charge in [-0.05, 0) is 24.2 Å². The maximum absolute atomic E-state index is 13.1. The van der Waals surface area contributed by atoms with Crippen molar-refractivity contribution in [1.29, 1.82) is 0 Å². The first-order chi connectivity index (χ1) is 7.16. The molecule has 17 heavy (non-hydrogen) atoms. The number of hydrogen-bond acceptors (Lipinski definition) is 1. The van der Waals surface area contributed by atoms with E-state index in [1.165, 1.54) is 0 Å². The van der Waals surface area contributed by atoms with E-state index in [0.29, 0.717) is 0 Å². The molecule has 0 aromatic carbocycles. The average molecular weight is 254 g/mol. The number of halogens is 3. The predicted molar refractivity (Wildman–Crippen MR) is 63.9 cm³/mol. The van der Waals surface area contributed by atoms with Gasteiger partial charge in [0.05, 0.1) is 6.61 Å². The quantitative estimate of drug-likeness (QED) is 0.702. The van der Waals surface area contributed by atoms with Gasteiger partial charge in [-0.15, -0.1) is 0 Å². The predicted octanol–water partition coefficient (Wildman–Crippen LogP) is 4.81. The Hall–Kier alpha value is -0.250. The highest BCUT2D eigenvalue weighted by atomic mass is 19.4. The van der Waals surface area contributed by atoms with Crippen LogP contribution in [0, 0.1) is 10.8 Å². The van der Waals surface area contributed by atoms with Crippen molar-refractivity contribution in [2.75, 3.05) is 6.61 Å². The summed E-state index contributed by atoms with van der Waals surface area (Å²) in [7, 11) is 0. The van der Waals surface area contributed by atoms with E-state index in [4.69, 9.17) is 4.74 Å². The smallest absolute Gasteiger partial charge is 0.365 e. The zero-order valence-electron chi connectivity index (χ0n) is 12.0. The Morgan fingerprint density at radius 2 is 1.18 bits per heavy atom. The van der Waals surface area contributed by atoms with Crippen molar-refractivity contribution >= 4 is 0 Å². The van der Waals surface area contributed by atoms with Crippen LogP contribution in [0.5, 0.6) is 0 Å². The minimum absolute atomic E-state index is 0.0421. The summed E-state index contributed by atoms with van der Waals surface area (Å²) in [5, 5.41) is 0. The lowest BCUT2D eigenvalue weighted by Crippen LogP contribution is -2.48. The van der Waals surface area contributed by atoms with Gasteiger partial charge in [-0.3, -0.25) is 0 Å². The largest absolute Gasteiger partial charge is 0.417 e. The second-order valence-corrected chi connectivity index (χ2v) is 7.32. The van der Waals surface area contributed by atoms with Gasteiger partial charge >= 0.3 is 6.18 Å². The summed E-state index contributed by atoms with van der Waals surface area (Å²) in [5.41, 5.74) is -2.77. The number of hydrogen-bond donors (Lipinski definition) is 0. The van der Waals surface area contributed by atoms with Gasteiger partial charge in [-0.1, -0.05) is 41.5 Å². The van der Waals surface area contributed by atoms with Gasteiger partial charge in [0.25, 0.3) is 0 Å². The highest BCUT2D eigenvalue weighted by Crippen LogP contribution is 2.42. The maximum Gasteiger partial charge on any atom is 0.417 e. The Balaban J connectivity index is 4.88. The lowest BCUT2D eigenvalue weighted by atomic mass is 9.82. The van der Waals surface area contributed by atoms with E-state index in [1.807, 2.05) is 20.8 Å². The number of alkyl halides is 3. The molecule has 1 nitrogen and oxygen atoms in total. The average Bonchev–Trinajstić information content (AvgIpc) is 1.94. The summed E-state index contributed by atoms with van der Waals surface area (Å²) in [6, 6.07) is 0. The molecule has 0 heterocycles. The van der Waals surface area contributed by atoms with Crippen LogP contribution < -0.4 is 0 Å². The van der Waals surface area contributed by atoms with Crippen LogP contribution in [0.1, 0.15) is 54.9 Å². The van der Waals surface area contributed by atoms with Crippen molar-refractivity contribution in [2.24, 2.45) is 10.8 Å². The van der Waals surface area contributed by atoms with Crippen LogP contribution in [0.25, 0.3) is 0 Å². The molecule has 0 rings (SSSR count). The minimum Gasteiger partial charge on any atom is -0.365 e. The van der Waals surface area contributed by atoms with Crippen molar-refractivity contribution in [3.8, 4) is 0 Å². The number of ether oxygens (including phenoxy) is 1. The van der Waals surface area contributed by atoms with Gasteiger partial charge < -0.3 is 4.74 Å². The zero-order chi connectivity index (χ0) is 14.1. The van der Waals surface area contributed by atoms with Crippen LogP contribution in [0.15, 0.2) is 0 Å². The van der Waals surface area contributed by atoms with Crippen molar-refractivity contribution in [1.82, 2.24) is 0 Å². The molecule has 0 unspecified atom stereocenters. The molecule has 0 radical (unpaired) electrons. The molecule has 4 heteroatoms. The van der Waals surface area contributed by atoms with Crippen LogP contribution in [-0.2, 0) is 4.74 Å². The van der Waals surface area contributed by atoms with E-state index < -0.39 is 17.2 Å². The van der Waals surface area contributed by atoms with Crippen molar-refractivity contribution < 1.29 is 17.9 Å². The third kappa shape index (κ3) is 6.29. The van der Waals surface area contributed by atoms with E-state index in [1.54, 1.807) is 20.8 Å². The van der Waals surface area contributed by atoms with Gasteiger partial charge in [0.1, 0.15) is 0 Å². The summed E-state index contributed by atoms with van der Waals surface area (Å²) < 4.78 is 44.5. The highest BCUT2D eigenvalue weighted by molar-refractivity contribution is 4.89. The first kappa shape index (κ1) is 16.8. The molecule has 0 saturated carbocycles. The highest BCUT2D eigenvalue weighted by Gasteiger charge is 2.54. The van der Waals surface area contributed by atoms with Crippen LogP contribution in [-0.4, -0.2) is 18.4 Å². The SMILES string of the molecule is CC(C)(C)CO[C@](C)(CC(C)(C)C)C(F)(F)F. The lowest BCUT2D eigenvalue weighted by Gasteiger charge is -2.38. The van der Waals surface area contributed by atoms with Crippen molar-refractivity contribution in [2.45, 2.75) is 66.7 Å². The molecule has 0 aliphatic heterocycles. The summed E-state index contributed by atoms with van der Waals surface area (Å²) >= 11 is 0. The lowest BCUT2D eigenvalue weighted by molar-refractivity contribution is -0.284. The fourth-order valence-electron chi connectivity index (χ4n) is 1.62. The summed E-state index contributed by atoms with van der Waals surface area (Å²) in [5.74, 6) is 0. The first-order valence-electron chi connectivity index (χ1n) is 5.87. The second kappa shape index (κ2) is 4.79. The third-order valence-electron chi connectivity index (χ3n) is 2.29. The van der Waals surface area contributed by atoms with Gasteiger partial charge in [-0.2, -0.15) is 13.2 Å². The zero-order valence-corrected chi connectivity index (χ0v) is 12.0. The third-order valence-corrected chi connectivity index (χ3v) is 2.29. The second-order valence-electron chi connectivity index (χ2n) is 7.32. The molecule has 0 fully saturated rings. The van der Waals surface area contributed by atoms with Crippen LogP contribution in [0.3, 0.4) is 0 Å². The topological polar surface area (TPSA) is 9.23 Å². The van der Waals surface area contributed by atoms with Crippen molar-refractivity contribution in [3.05, 3.63) is 0 Å². The molecule has 0 spiro atoms. The van der Waals surface area contributed by atoms with Crippen LogP contribution >= 0.6 is 0 Å². The molecule has 104 valence electrons. The Kier molecular flexibility index (Phi) is 4.72.